The van der Waals surface area contributed by atoms with Crippen LogP contribution < -0.4 is 0 Å². The van der Waals surface area contributed by atoms with Crippen LogP contribution in [0.1, 0.15) is 67.2 Å². The van der Waals surface area contributed by atoms with E-state index in [0.29, 0.717) is 25.7 Å². The van der Waals surface area contributed by atoms with Crippen LogP contribution in [-0.4, -0.2) is 53.8 Å². The van der Waals surface area contributed by atoms with Gasteiger partial charge in [0.2, 0.25) is 0 Å². The molecule has 0 radical (unpaired) electrons. The maximum atomic E-state index is 13.9. The minimum Gasteiger partial charge on any atom is -0.305 e. The summed E-state index contributed by atoms with van der Waals surface area (Å²) in [7, 11) is -8.25. The number of halogens is 4. The quantitative estimate of drug-likeness (QED) is 0.103. The number of phosphoric ester groups is 1. The van der Waals surface area contributed by atoms with E-state index in [-0.39, 0.29) is 26.4 Å². The molecule has 0 aromatic heterocycles. The Morgan fingerprint density at radius 1 is 0.606 bits per heavy atom. The van der Waals surface area contributed by atoms with Crippen LogP contribution in [0.4, 0.5) is 0 Å². The van der Waals surface area contributed by atoms with Crippen molar-refractivity contribution in [3.05, 3.63) is 0 Å². The summed E-state index contributed by atoms with van der Waals surface area (Å²) in [6.45, 7) is 10.6. The minimum absolute atomic E-state index is 0.0494. The van der Waals surface area contributed by atoms with Gasteiger partial charge in [-0.15, -0.1) is 46.4 Å². The van der Waals surface area contributed by atoms with Crippen molar-refractivity contribution in [3.63, 3.8) is 0 Å². The van der Waals surface area contributed by atoms with Gasteiger partial charge < -0.3 is 9.05 Å². The first-order valence-corrected chi connectivity index (χ1v) is 16.2. The van der Waals surface area contributed by atoms with Gasteiger partial charge in [0, 0.05) is 0 Å². The lowest BCUT2D eigenvalue weighted by molar-refractivity contribution is 0.0665. The van der Waals surface area contributed by atoms with Crippen LogP contribution in [0.15, 0.2) is 0 Å². The van der Waals surface area contributed by atoms with Gasteiger partial charge in [-0.25, -0.2) is 4.57 Å². The van der Waals surface area contributed by atoms with Gasteiger partial charge in [0.05, 0.1) is 47.9 Å². The monoisotopic (exact) mass is 594 g/mol. The predicted molar refractivity (Wildman–Crippen MR) is 138 cm³/mol. The van der Waals surface area contributed by atoms with Crippen molar-refractivity contribution in [1.29, 1.82) is 0 Å². The third-order valence-corrected chi connectivity index (χ3v) is 10.3. The molecule has 13 heteroatoms. The van der Waals surface area contributed by atoms with Crippen LogP contribution in [0.25, 0.3) is 0 Å². The molecule has 0 fully saturated rings. The molecule has 0 aliphatic carbocycles. The topological polar surface area (TPSA) is 80.3 Å². The zero-order valence-electron chi connectivity index (χ0n) is 20.4. The van der Waals surface area contributed by atoms with E-state index in [9.17, 15) is 9.13 Å². The molecular formula is C20H40Cl4O7P2. The highest BCUT2D eigenvalue weighted by atomic mass is 35.5. The predicted octanol–water partition coefficient (Wildman–Crippen LogP) is 8.42. The SMILES string of the molecule is CCC(Cl)COP(=O)(OCC(Cl)CC)OC(C(C)C)P(=O)(OCC(Cl)CC)OCC(Cl)CC. The number of phosphoric acid groups is 1. The Morgan fingerprint density at radius 3 is 1.18 bits per heavy atom. The molecule has 0 bridgehead atoms. The van der Waals surface area contributed by atoms with E-state index in [0.717, 1.165) is 0 Å². The fourth-order valence-electron chi connectivity index (χ4n) is 2.14. The molecule has 0 rings (SSSR count). The van der Waals surface area contributed by atoms with Gasteiger partial charge in [-0.2, -0.15) is 0 Å². The Morgan fingerprint density at radius 2 is 0.909 bits per heavy atom. The van der Waals surface area contributed by atoms with E-state index in [4.69, 9.17) is 69.0 Å². The lowest BCUT2D eigenvalue weighted by Crippen LogP contribution is -2.26. The third-order valence-electron chi connectivity index (χ3n) is 4.59. The first-order valence-electron chi connectivity index (χ1n) is 11.4. The average Bonchev–Trinajstić information content (AvgIpc) is 2.81. The summed E-state index contributed by atoms with van der Waals surface area (Å²) in [4.78, 5) is 0. The molecule has 0 aliphatic heterocycles. The van der Waals surface area contributed by atoms with Crippen molar-refractivity contribution < 1.29 is 31.7 Å². The maximum Gasteiger partial charge on any atom is 0.475 e. The standard InChI is InChI=1S/C20H40Cl4O7P2/c1-7-16(21)11-27-32(25,28-12-17(22)8-2)20(15(5)6)31-33(26,29-13-18(23)9-3)30-14-19(24)10-4/h15-20H,7-14H2,1-6H3. The van der Waals surface area contributed by atoms with Gasteiger partial charge in [0.25, 0.3) is 0 Å². The van der Waals surface area contributed by atoms with Crippen molar-refractivity contribution in [2.45, 2.75) is 94.6 Å². The smallest absolute Gasteiger partial charge is 0.305 e. The fourth-order valence-corrected chi connectivity index (χ4v) is 6.86. The van der Waals surface area contributed by atoms with Crippen LogP contribution >= 0.6 is 61.8 Å². The molecule has 33 heavy (non-hydrogen) atoms. The van der Waals surface area contributed by atoms with Crippen molar-refractivity contribution in [2.24, 2.45) is 5.92 Å². The van der Waals surface area contributed by atoms with Crippen molar-refractivity contribution >= 4 is 61.8 Å². The van der Waals surface area contributed by atoms with Gasteiger partial charge >= 0.3 is 15.4 Å². The van der Waals surface area contributed by atoms with Crippen LogP contribution in [-0.2, 0) is 31.7 Å². The Balaban J connectivity index is 5.91. The van der Waals surface area contributed by atoms with E-state index in [1.165, 1.54) is 0 Å². The van der Waals surface area contributed by atoms with Crippen molar-refractivity contribution in [2.75, 3.05) is 26.4 Å². The number of hydrogen-bond acceptors (Lipinski definition) is 7. The highest BCUT2D eigenvalue weighted by Crippen LogP contribution is 2.63. The van der Waals surface area contributed by atoms with Gasteiger partial charge in [-0.05, 0) is 31.6 Å². The second kappa shape index (κ2) is 17.8. The molecule has 0 saturated carbocycles. The zero-order valence-corrected chi connectivity index (χ0v) is 25.2. The summed E-state index contributed by atoms with van der Waals surface area (Å²) in [5.74, 6) is -1.71. The molecule has 0 amide bonds. The second-order valence-electron chi connectivity index (χ2n) is 7.93. The van der Waals surface area contributed by atoms with E-state index >= 15 is 0 Å². The number of rotatable bonds is 20. The molecule has 0 N–H and O–H groups in total. The van der Waals surface area contributed by atoms with Crippen LogP contribution in [0, 0.1) is 5.92 Å². The fraction of sp³-hybridized carbons (Fsp3) is 1.00. The van der Waals surface area contributed by atoms with E-state index < -0.39 is 48.7 Å². The molecule has 0 aromatic carbocycles. The first-order chi connectivity index (χ1) is 15.4. The van der Waals surface area contributed by atoms with E-state index in [2.05, 4.69) is 0 Å². The molecule has 200 valence electrons. The van der Waals surface area contributed by atoms with E-state index in [1.807, 2.05) is 27.7 Å². The molecule has 0 aromatic rings. The molecule has 0 heterocycles. The number of alkyl halides is 4. The normalized spacial score (nSPS) is 20.6. The largest absolute Gasteiger partial charge is 0.475 e. The van der Waals surface area contributed by atoms with Crippen LogP contribution in [0.2, 0.25) is 0 Å². The molecule has 5 atom stereocenters. The summed E-state index contributed by atoms with van der Waals surface area (Å²) in [5, 5.41) is -1.61. The Hall–Kier alpha value is 1.42. The van der Waals surface area contributed by atoms with Crippen molar-refractivity contribution in [3.8, 4) is 0 Å². The van der Waals surface area contributed by atoms with Gasteiger partial charge in [0.1, 0.15) is 0 Å². The van der Waals surface area contributed by atoms with E-state index in [1.54, 1.807) is 13.8 Å². The zero-order chi connectivity index (χ0) is 25.7. The molecule has 7 nitrogen and oxygen atoms in total. The summed E-state index contributed by atoms with van der Waals surface area (Å²) in [6, 6.07) is 0. The highest BCUT2D eigenvalue weighted by Gasteiger charge is 2.46. The summed E-state index contributed by atoms with van der Waals surface area (Å²) >= 11 is 24.6. The minimum atomic E-state index is -4.24. The van der Waals surface area contributed by atoms with Gasteiger partial charge in [-0.1, -0.05) is 41.5 Å². The van der Waals surface area contributed by atoms with Crippen molar-refractivity contribution in [1.82, 2.24) is 0 Å². The lowest BCUT2D eigenvalue weighted by Gasteiger charge is -2.32. The lowest BCUT2D eigenvalue weighted by atomic mass is 10.2. The third kappa shape index (κ3) is 14.1. The molecule has 0 spiro atoms. The average molecular weight is 596 g/mol. The van der Waals surface area contributed by atoms with Gasteiger partial charge in [-0.3, -0.25) is 18.1 Å². The Bertz CT molecular complexity index is 579. The second-order valence-corrected chi connectivity index (χ2v) is 14.1. The van der Waals surface area contributed by atoms with Crippen LogP contribution in [0.3, 0.4) is 0 Å². The summed E-state index contributed by atoms with van der Waals surface area (Å²) in [5.41, 5.74) is 0. The number of hydrogen-bond donors (Lipinski definition) is 0. The first kappa shape index (κ1) is 34.4. The van der Waals surface area contributed by atoms with Crippen LogP contribution in [0.5, 0.6) is 0 Å². The molecule has 0 saturated heterocycles. The van der Waals surface area contributed by atoms with Gasteiger partial charge in [0.15, 0.2) is 5.85 Å². The summed E-state index contributed by atoms with van der Waals surface area (Å²) < 4.78 is 55.5. The molecule has 0 aliphatic rings. The molecule has 5 unspecified atom stereocenters. The highest BCUT2D eigenvalue weighted by molar-refractivity contribution is 7.56. The Labute approximate surface area is 219 Å². The maximum absolute atomic E-state index is 13.9. The molecular weight excluding hydrogens is 556 g/mol. The Kier molecular flexibility index (Phi) is 18.6. The summed E-state index contributed by atoms with van der Waals surface area (Å²) in [6.07, 6.45) is 2.34.